The molecule has 31 heavy (non-hydrogen) atoms. The average Bonchev–Trinajstić information content (AvgIpc) is 3.42. The quantitative estimate of drug-likeness (QED) is 0.546. The fourth-order valence-corrected chi connectivity index (χ4v) is 4.25. The minimum atomic E-state index is -0.0502. The van der Waals surface area contributed by atoms with E-state index in [9.17, 15) is 9.59 Å². The van der Waals surface area contributed by atoms with E-state index in [2.05, 4.69) is 5.32 Å². The number of hydrogen-bond acceptors (Lipinski definition) is 3. The Hall–Kier alpha value is -2.86. The van der Waals surface area contributed by atoms with Gasteiger partial charge in [0.15, 0.2) is 0 Å². The number of benzene rings is 2. The molecule has 6 nitrogen and oxygen atoms in total. The Balaban J connectivity index is 1.36. The standard InChI is InChI=1S/C24H27ClN4O2/c25-19-9-2-1-8-18(19)16-23(30)26-13-7-12-22-27-20-10-3-4-11-21(20)29(22)17-24(31)28-14-5-6-15-28/h1-4,8-11H,5-7,12-17H2,(H,26,30). The molecular weight excluding hydrogens is 412 g/mol. The van der Waals surface area contributed by atoms with E-state index in [1.54, 1.807) is 6.07 Å². The van der Waals surface area contributed by atoms with Crippen molar-refractivity contribution in [2.24, 2.45) is 0 Å². The van der Waals surface area contributed by atoms with Crippen molar-refractivity contribution in [2.75, 3.05) is 19.6 Å². The third-order valence-corrected chi connectivity index (χ3v) is 6.06. The molecule has 0 atom stereocenters. The van der Waals surface area contributed by atoms with Crippen molar-refractivity contribution in [1.29, 1.82) is 0 Å². The first-order valence-electron chi connectivity index (χ1n) is 10.8. The van der Waals surface area contributed by atoms with Gasteiger partial charge in [0.25, 0.3) is 0 Å². The molecule has 1 aromatic heterocycles. The lowest BCUT2D eigenvalue weighted by Crippen LogP contribution is -2.31. The van der Waals surface area contributed by atoms with Crippen LogP contribution in [-0.2, 0) is 29.0 Å². The van der Waals surface area contributed by atoms with E-state index in [4.69, 9.17) is 16.6 Å². The first-order valence-corrected chi connectivity index (χ1v) is 11.2. The van der Waals surface area contributed by atoms with Gasteiger partial charge in [-0.1, -0.05) is 41.9 Å². The number of aryl methyl sites for hydroxylation is 1. The Kier molecular flexibility index (Phi) is 6.87. The third-order valence-electron chi connectivity index (χ3n) is 5.69. The maximum absolute atomic E-state index is 12.7. The van der Waals surface area contributed by atoms with E-state index in [0.29, 0.717) is 24.5 Å². The number of fused-ring (bicyclic) bond motifs is 1. The SMILES string of the molecule is O=C(Cc1ccccc1Cl)NCCCc1nc2ccccc2n1CC(=O)N1CCCC1. The number of carbonyl (C=O) groups excluding carboxylic acids is 2. The van der Waals surface area contributed by atoms with Crippen LogP contribution in [0.15, 0.2) is 48.5 Å². The highest BCUT2D eigenvalue weighted by Gasteiger charge is 2.20. The number of rotatable bonds is 8. The van der Waals surface area contributed by atoms with Gasteiger partial charge in [-0.3, -0.25) is 9.59 Å². The number of amides is 2. The van der Waals surface area contributed by atoms with Crippen LogP contribution in [0.3, 0.4) is 0 Å². The van der Waals surface area contributed by atoms with Crippen molar-refractivity contribution < 1.29 is 9.59 Å². The number of halogens is 1. The third kappa shape index (κ3) is 5.25. The molecule has 2 aromatic carbocycles. The van der Waals surface area contributed by atoms with E-state index in [1.165, 1.54) is 0 Å². The summed E-state index contributed by atoms with van der Waals surface area (Å²) in [4.78, 5) is 31.7. The second kappa shape index (κ2) is 9.96. The Morgan fingerprint density at radius 1 is 1.03 bits per heavy atom. The summed E-state index contributed by atoms with van der Waals surface area (Å²) in [5.41, 5.74) is 2.70. The van der Waals surface area contributed by atoms with Crippen LogP contribution in [0.4, 0.5) is 0 Å². The summed E-state index contributed by atoms with van der Waals surface area (Å²) in [5.74, 6) is 0.981. The second-order valence-electron chi connectivity index (χ2n) is 7.91. The average molecular weight is 439 g/mol. The Morgan fingerprint density at radius 3 is 2.58 bits per heavy atom. The minimum Gasteiger partial charge on any atom is -0.356 e. The first kappa shape index (κ1) is 21.4. The molecule has 7 heteroatoms. The molecule has 1 saturated heterocycles. The number of para-hydroxylation sites is 2. The van der Waals surface area contributed by atoms with E-state index in [1.807, 2.05) is 51.9 Å². The predicted molar refractivity (Wildman–Crippen MR) is 122 cm³/mol. The van der Waals surface area contributed by atoms with E-state index in [-0.39, 0.29) is 18.2 Å². The van der Waals surface area contributed by atoms with Gasteiger partial charge in [0.1, 0.15) is 12.4 Å². The van der Waals surface area contributed by atoms with Gasteiger partial charge in [-0.25, -0.2) is 4.98 Å². The number of hydrogen-bond donors (Lipinski definition) is 1. The molecule has 2 amide bonds. The van der Waals surface area contributed by atoms with Crippen molar-refractivity contribution in [3.05, 3.63) is 64.9 Å². The lowest BCUT2D eigenvalue weighted by Gasteiger charge is -2.17. The van der Waals surface area contributed by atoms with Gasteiger partial charge in [0, 0.05) is 31.1 Å². The summed E-state index contributed by atoms with van der Waals surface area (Å²) < 4.78 is 2.03. The molecule has 1 fully saturated rings. The highest BCUT2D eigenvalue weighted by Crippen LogP contribution is 2.19. The van der Waals surface area contributed by atoms with Crippen LogP contribution in [0.5, 0.6) is 0 Å². The summed E-state index contributed by atoms with van der Waals surface area (Å²) in [6, 6.07) is 15.3. The normalized spacial score (nSPS) is 13.6. The van der Waals surface area contributed by atoms with Gasteiger partial charge in [-0.15, -0.1) is 0 Å². The van der Waals surface area contributed by atoms with Crippen molar-refractivity contribution in [1.82, 2.24) is 19.8 Å². The van der Waals surface area contributed by atoms with E-state index >= 15 is 0 Å². The number of likely N-dealkylation sites (tertiary alicyclic amines) is 1. The van der Waals surface area contributed by atoms with Crippen molar-refractivity contribution in [3.8, 4) is 0 Å². The first-order chi connectivity index (χ1) is 15.1. The number of nitrogens with one attached hydrogen (secondary N) is 1. The Labute approximate surface area is 187 Å². The summed E-state index contributed by atoms with van der Waals surface area (Å²) in [5, 5.41) is 3.56. The fraction of sp³-hybridized carbons (Fsp3) is 0.375. The van der Waals surface area contributed by atoms with Gasteiger partial charge in [-0.05, 0) is 43.0 Å². The smallest absolute Gasteiger partial charge is 0.242 e. The molecule has 0 aliphatic carbocycles. The Morgan fingerprint density at radius 2 is 1.77 bits per heavy atom. The topological polar surface area (TPSA) is 67.2 Å². The maximum atomic E-state index is 12.7. The minimum absolute atomic E-state index is 0.0502. The molecular formula is C24H27ClN4O2. The zero-order valence-electron chi connectivity index (χ0n) is 17.5. The van der Waals surface area contributed by atoms with Crippen LogP contribution in [0.1, 0.15) is 30.7 Å². The maximum Gasteiger partial charge on any atom is 0.242 e. The summed E-state index contributed by atoms with van der Waals surface area (Å²) in [6.45, 7) is 2.55. The fourth-order valence-electron chi connectivity index (χ4n) is 4.05. The van der Waals surface area contributed by atoms with Crippen molar-refractivity contribution in [2.45, 2.75) is 38.6 Å². The van der Waals surface area contributed by atoms with Gasteiger partial charge in [0.2, 0.25) is 11.8 Å². The largest absolute Gasteiger partial charge is 0.356 e. The van der Waals surface area contributed by atoms with Gasteiger partial charge < -0.3 is 14.8 Å². The molecule has 1 aliphatic heterocycles. The predicted octanol–water partition coefficient (Wildman–Crippen LogP) is 3.60. The van der Waals surface area contributed by atoms with Crippen LogP contribution in [0.2, 0.25) is 5.02 Å². The molecule has 0 radical (unpaired) electrons. The molecule has 4 rings (SSSR count). The lowest BCUT2D eigenvalue weighted by atomic mass is 10.1. The van der Waals surface area contributed by atoms with Crippen molar-refractivity contribution in [3.63, 3.8) is 0 Å². The Bertz CT molecular complexity index is 1070. The molecule has 0 unspecified atom stereocenters. The molecule has 1 aliphatic rings. The van der Waals surface area contributed by atoms with Crippen molar-refractivity contribution >= 4 is 34.4 Å². The summed E-state index contributed by atoms with van der Waals surface area (Å²) in [6.07, 6.45) is 3.86. The number of aromatic nitrogens is 2. The molecule has 0 saturated carbocycles. The van der Waals surface area contributed by atoms with Crippen LogP contribution in [0, 0.1) is 0 Å². The van der Waals surface area contributed by atoms with Crippen LogP contribution in [-0.4, -0.2) is 45.9 Å². The number of carbonyl (C=O) groups is 2. The molecule has 3 aromatic rings. The van der Waals surface area contributed by atoms with Gasteiger partial charge in [-0.2, -0.15) is 0 Å². The zero-order chi connectivity index (χ0) is 21.6. The van der Waals surface area contributed by atoms with Crippen LogP contribution in [0.25, 0.3) is 11.0 Å². The number of imidazole rings is 1. The monoisotopic (exact) mass is 438 g/mol. The molecule has 2 heterocycles. The second-order valence-corrected chi connectivity index (χ2v) is 8.32. The van der Waals surface area contributed by atoms with E-state index < -0.39 is 0 Å². The summed E-state index contributed by atoms with van der Waals surface area (Å²) >= 11 is 6.13. The van der Waals surface area contributed by atoms with Crippen LogP contribution < -0.4 is 5.32 Å². The van der Waals surface area contributed by atoms with Gasteiger partial charge >= 0.3 is 0 Å². The highest BCUT2D eigenvalue weighted by molar-refractivity contribution is 6.31. The lowest BCUT2D eigenvalue weighted by molar-refractivity contribution is -0.130. The molecule has 1 N–H and O–H groups in total. The molecule has 0 spiro atoms. The van der Waals surface area contributed by atoms with Gasteiger partial charge in [0.05, 0.1) is 17.5 Å². The molecule has 162 valence electrons. The number of nitrogens with zero attached hydrogens (tertiary/aromatic N) is 3. The van der Waals surface area contributed by atoms with Crippen LogP contribution >= 0.6 is 11.6 Å². The van der Waals surface area contributed by atoms with E-state index in [0.717, 1.165) is 54.8 Å². The molecule has 0 bridgehead atoms. The zero-order valence-corrected chi connectivity index (χ0v) is 18.3. The summed E-state index contributed by atoms with van der Waals surface area (Å²) in [7, 11) is 0. The highest BCUT2D eigenvalue weighted by atomic mass is 35.5.